The summed E-state index contributed by atoms with van der Waals surface area (Å²) in [5, 5.41) is 2.79. The summed E-state index contributed by atoms with van der Waals surface area (Å²) in [6.07, 6.45) is 7.02. The van der Waals surface area contributed by atoms with Crippen molar-refractivity contribution in [2.45, 2.75) is 13.0 Å². The van der Waals surface area contributed by atoms with Crippen molar-refractivity contribution in [2.75, 3.05) is 37.6 Å². The Morgan fingerprint density at radius 1 is 0.943 bits per heavy atom. The number of hydrogen-bond donors (Lipinski definition) is 1. The first-order valence-electron chi connectivity index (χ1n) is 11.8. The number of anilines is 1. The Morgan fingerprint density at radius 2 is 1.71 bits per heavy atom. The number of carbonyl (C=O) groups excluding carboxylic acids is 2. The third-order valence-corrected chi connectivity index (χ3v) is 5.83. The van der Waals surface area contributed by atoms with Crippen LogP contribution >= 0.6 is 0 Å². The van der Waals surface area contributed by atoms with Gasteiger partial charge in [0, 0.05) is 68.9 Å². The van der Waals surface area contributed by atoms with Crippen molar-refractivity contribution < 1.29 is 14.3 Å². The first-order chi connectivity index (χ1) is 17.2. The molecule has 1 N–H and O–H groups in total. The van der Waals surface area contributed by atoms with Gasteiger partial charge in [-0.15, -0.1) is 0 Å². The minimum atomic E-state index is -0.219. The van der Waals surface area contributed by atoms with Gasteiger partial charge in [0.15, 0.2) is 0 Å². The number of pyridine rings is 1. The average molecular weight is 471 g/mol. The summed E-state index contributed by atoms with van der Waals surface area (Å²) in [7, 11) is 0. The van der Waals surface area contributed by atoms with Gasteiger partial charge in [0.25, 0.3) is 0 Å². The van der Waals surface area contributed by atoms with Crippen LogP contribution in [0.4, 0.5) is 5.69 Å². The van der Waals surface area contributed by atoms with Gasteiger partial charge in [0.1, 0.15) is 12.4 Å². The first-order valence-corrected chi connectivity index (χ1v) is 11.8. The van der Waals surface area contributed by atoms with Gasteiger partial charge in [-0.1, -0.05) is 36.4 Å². The highest BCUT2D eigenvalue weighted by Gasteiger charge is 2.20. The molecule has 0 saturated carbocycles. The lowest BCUT2D eigenvalue weighted by Gasteiger charge is -2.36. The molecule has 1 fully saturated rings. The number of para-hydroxylation sites is 1. The molecule has 1 aliphatic heterocycles. The zero-order chi connectivity index (χ0) is 24.3. The average Bonchev–Trinajstić information content (AvgIpc) is 2.92. The maximum atomic E-state index is 12.5. The van der Waals surface area contributed by atoms with Gasteiger partial charge in [-0.05, 0) is 42.0 Å². The molecular weight excluding hydrogens is 440 g/mol. The standard InChI is InChI=1S/C28H30N4O3/c33-27(13-10-23-8-11-26(12-9-23)35-22-24-5-4-15-29-21-24)30-16-14-28(34)32-19-17-31(18-20-32)25-6-2-1-3-7-25/h1-13,15,21H,14,16-20,22H2,(H,30,33)/b13-10+. The number of rotatable bonds is 9. The molecule has 180 valence electrons. The Balaban J connectivity index is 1.13. The summed E-state index contributed by atoms with van der Waals surface area (Å²) in [6.45, 7) is 3.80. The van der Waals surface area contributed by atoms with Gasteiger partial charge in [-0.2, -0.15) is 0 Å². The van der Waals surface area contributed by atoms with E-state index in [-0.39, 0.29) is 11.8 Å². The molecule has 0 atom stereocenters. The van der Waals surface area contributed by atoms with Crippen molar-refractivity contribution in [2.24, 2.45) is 0 Å². The van der Waals surface area contributed by atoms with Crippen LogP contribution in [0, 0.1) is 0 Å². The summed E-state index contributed by atoms with van der Waals surface area (Å²) >= 11 is 0. The Bertz CT molecular complexity index is 1110. The second-order valence-corrected chi connectivity index (χ2v) is 8.30. The smallest absolute Gasteiger partial charge is 0.244 e. The molecule has 2 aromatic carbocycles. The number of benzene rings is 2. The lowest BCUT2D eigenvalue weighted by atomic mass is 10.2. The highest BCUT2D eigenvalue weighted by atomic mass is 16.5. The second-order valence-electron chi connectivity index (χ2n) is 8.30. The van der Waals surface area contributed by atoms with Crippen molar-refractivity contribution in [1.82, 2.24) is 15.2 Å². The first kappa shape index (κ1) is 24.0. The minimum absolute atomic E-state index is 0.0730. The van der Waals surface area contributed by atoms with Gasteiger partial charge in [-0.3, -0.25) is 14.6 Å². The van der Waals surface area contributed by atoms with E-state index in [0.717, 1.165) is 30.0 Å². The van der Waals surface area contributed by atoms with Gasteiger partial charge in [0.05, 0.1) is 0 Å². The molecule has 2 amide bonds. The second kappa shape index (κ2) is 12.4. The van der Waals surface area contributed by atoms with Crippen molar-refractivity contribution in [3.05, 3.63) is 96.3 Å². The number of amides is 2. The minimum Gasteiger partial charge on any atom is -0.489 e. The molecular formula is C28H30N4O3. The van der Waals surface area contributed by atoms with Crippen molar-refractivity contribution >= 4 is 23.6 Å². The highest BCUT2D eigenvalue weighted by molar-refractivity contribution is 5.92. The van der Waals surface area contributed by atoms with Crippen LogP contribution < -0.4 is 15.0 Å². The van der Waals surface area contributed by atoms with Gasteiger partial charge >= 0.3 is 0 Å². The molecule has 0 aliphatic carbocycles. The molecule has 1 saturated heterocycles. The van der Waals surface area contributed by atoms with E-state index < -0.39 is 0 Å². The van der Waals surface area contributed by atoms with Crippen LogP contribution in [0.1, 0.15) is 17.5 Å². The van der Waals surface area contributed by atoms with Crippen molar-refractivity contribution in [1.29, 1.82) is 0 Å². The van der Waals surface area contributed by atoms with Crippen LogP contribution in [0.15, 0.2) is 85.2 Å². The molecule has 4 rings (SSSR count). The van der Waals surface area contributed by atoms with Gasteiger partial charge < -0.3 is 19.9 Å². The summed E-state index contributed by atoms with van der Waals surface area (Å²) in [5.41, 5.74) is 3.08. The van der Waals surface area contributed by atoms with E-state index in [2.05, 4.69) is 27.3 Å². The van der Waals surface area contributed by atoms with Crippen molar-refractivity contribution in [3.8, 4) is 5.75 Å². The van der Waals surface area contributed by atoms with E-state index in [4.69, 9.17) is 4.74 Å². The lowest BCUT2D eigenvalue weighted by Crippen LogP contribution is -2.49. The monoisotopic (exact) mass is 470 g/mol. The lowest BCUT2D eigenvalue weighted by molar-refractivity contribution is -0.131. The topological polar surface area (TPSA) is 74.8 Å². The Hall–Kier alpha value is -4.13. The fourth-order valence-electron chi connectivity index (χ4n) is 3.86. The van der Waals surface area contributed by atoms with Crippen LogP contribution in [0.25, 0.3) is 6.08 Å². The number of aromatic nitrogens is 1. The molecule has 0 bridgehead atoms. The number of hydrogen-bond acceptors (Lipinski definition) is 5. The Morgan fingerprint density at radius 3 is 2.43 bits per heavy atom. The zero-order valence-corrected chi connectivity index (χ0v) is 19.7. The summed E-state index contributed by atoms with van der Waals surface area (Å²) in [4.78, 5) is 32.9. The van der Waals surface area contributed by atoms with E-state index in [0.29, 0.717) is 32.7 Å². The molecule has 0 radical (unpaired) electrons. The molecule has 3 aromatic rings. The largest absolute Gasteiger partial charge is 0.489 e. The number of carbonyl (C=O) groups is 2. The van der Waals surface area contributed by atoms with E-state index in [1.807, 2.05) is 59.5 Å². The predicted octanol–water partition coefficient (Wildman–Crippen LogP) is 3.53. The molecule has 7 nitrogen and oxygen atoms in total. The van der Waals surface area contributed by atoms with Crippen LogP contribution in [0.5, 0.6) is 5.75 Å². The molecule has 0 spiro atoms. The summed E-state index contributed by atoms with van der Waals surface area (Å²) in [6, 6.07) is 21.6. The molecule has 1 aliphatic rings. The quantitative estimate of drug-likeness (QED) is 0.485. The molecule has 7 heteroatoms. The van der Waals surface area contributed by atoms with Crippen molar-refractivity contribution in [3.63, 3.8) is 0 Å². The maximum Gasteiger partial charge on any atom is 0.244 e. The summed E-state index contributed by atoms with van der Waals surface area (Å²) < 4.78 is 5.74. The van der Waals surface area contributed by atoms with E-state index in [1.165, 1.54) is 11.8 Å². The highest BCUT2D eigenvalue weighted by Crippen LogP contribution is 2.16. The number of nitrogens with zero attached hydrogens (tertiary/aromatic N) is 3. The maximum absolute atomic E-state index is 12.5. The zero-order valence-electron chi connectivity index (χ0n) is 19.7. The van der Waals surface area contributed by atoms with Gasteiger partial charge in [0.2, 0.25) is 11.8 Å². The van der Waals surface area contributed by atoms with E-state index in [1.54, 1.807) is 18.5 Å². The number of nitrogens with one attached hydrogen (secondary N) is 1. The number of piperazine rings is 1. The van der Waals surface area contributed by atoms with Crippen LogP contribution in [0.3, 0.4) is 0 Å². The fraction of sp³-hybridized carbons (Fsp3) is 0.250. The van der Waals surface area contributed by atoms with E-state index >= 15 is 0 Å². The summed E-state index contributed by atoms with van der Waals surface area (Å²) in [5.74, 6) is 0.603. The van der Waals surface area contributed by atoms with Gasteiger partial charge in [-0.25, -0.2) is 0 Å². The number of ether oxygens (including phenoxy) is 1. The molecule has 1 aromatic heterocycles. The third-order valence-electron chi connectivity index (χ3n) is 5.83. The SMILES string of the molecule is O=C(/C=C/c1ccc(OCc2cccnc2)cc1)NCCC(=O)N1CCN(c2ccccc2)CC1. The molecule has 0 unspecified atom stereocenters. The van der Waals surface area contributed by atoms with E-state index in [9.17, 15) is 9.59 Å². The molecule has 2 heterocycles. The fourth-order valence-corrected chi connectivity index (χ4v) is 3.86. The Kier molecular flexibility index (Phi) is 8.48. The Labute approximate surface area is 206 Å². The van der Waals surface area contributed by atoms with Crippen LogP contribution in [-0.4, -0.2) is 54.4 Å². The predicted molar refractivity (Wildman–Crippen MR) is 137 cm³/mol. The normalized spacial score (nSPS) is 13.6. The van der Waals surface area contributed by atoms with Crippen LogP contribution in [0.2, 0.25) is 0 Å². The third kappa shape index (κ3) is 7.43. The van der Waals surface area contributed by atoms with Crippen LogP contribution in [-0.2, 0) is 16.2 Å². The molecule has 35 heavy (non-hydrogen) atoms.